The Bertz CT molecular complexity index is 771. The van der Waals surface area contributed by atoms with Crippen LogP contribution in [0, 0.1) is 0 Å². The van der Waals surface area contributed by atoms with E-state index in [1.165, 1.54) is 10.5 Å². The molecule has 0 fully saturated rings. The maximum atomic E-state index is 9.51. The zero-order valence-corrected chi connectivity index (χ0v) is 12.4. The van der Waals surface area contributed by atoms with Crippen LogP contribution in [0.15, 0.2) is 53.7 Å². The SMILES string of the molecule is OCc1cn(CC2Cc3ccccc3S2)c2ncccc12. The number of fused-ring (bicyclic) bond motifs is 2. The highest BCUT2D eigenvalue weighted by Gasteiger charge is 2.23. The lowest BCUT2D eigenvalue weighted by atomic mass is 10.1. The van der Waals surface area contributed by atoms with E-state index in [2.05, 4.69) is 33.8 Å². The van der Waals surface area contributed by atoms with Gasteiger partial charge in [-0.15, -0.1) is 11.8 Å². The van der Waals surface area contributed by atoms with Gasteiger partial charge in [0.1, 0.15) is 5.65 Å². The minimum absolute atomic E-state index is 0.0627. The van der Waals surface area contributed by atoms with E-state index >= 15 is 0 Å². The summed E-state index contributed by atoms with van der Waals surface area (Å²) in [5, 5.41) is 11.1. The fraction of sp³-hybridized carbons (Fsp3) is 0.235. The third-order valence-corrected chi connectivity index (χ3v) is 5.30. The van der Waals surface area contributed by atoms with Crippen LogP contribution in [0.3, 0.4) is 0 Å². The van der Waals surface area contributed by atoms with Gasteiger partial charge in [0.25, 0.3) is 0 Å². The Morgan fingerprint density at radius 1 is 1.24 bits per heavy atom. The second kappa shape index (κ2) is 5.20. The summed E-state index contributed by atoms with van der Waals surface area (Å²) < 4.78 is 2.18. The molecule has 4 heteroatoms. The predicted molar refractivity (Wildman–Crippen MR) is 85.4 cm³/mol. The quantitative estimate of drug-likeness (QED) is 0.806. The average Bonchev–Trinajstić information content (AvgIpc) is 3.08. The molecule has 0 saturated heterocycles. The molecular formula is C17H16N2OS. The van der Waals surface area contributed by atoms with Crippen LogP contribution in [0.5, 0.6) is 0 Å². The summed E-state index contributed by atoms with van der Waals surface area (Å²) in [6, 6.07) is 12.6. The molecule has 0 spiro atoms. The molecule has 1 atom stereocenters. The first-order valence-corrected chi connectivity index (χ1v) is 8.01. The fourth-order valence-corrected chi connectivity index (χ4v) is 4.35. The van der Waals surface area contributed by atoms with Crippen molar-refractivity contribution in [3.8, 4) is 0 Å². The zero-order chi connectivity index (χ0) is 14.2. The second-order valence-electron chi connectivity index (χ2n) is 5.39. The maximum Gasteiger partial charge on any atom is 0.140 e. The first kappa shape index (κ1) is 12.9. The Kier molecular flexibility index (Phi) is 3.20. The van der Waals surface area contributed by atoms with Gasteiger partial charge in [0, 0.05) is 40.0 Å². The van der Waals surface area contributed by atoms with Gasteiger partial charge in [0.2, 0.25) is 0 Å². The van der Waals surface area contributed by atoms with Crippen LogP contribution >= 0.6 is 11.8 Å². The van der Waals surface area contributed by atoms with Crippen molar-refractivity contribution in [2.24, 2.45) is 0 Å². The summed E-state index contributed by atoms with van der Waals surface area (Å²) in [4.78, 5) is 5.88. The molecular weight excluding hydrogens is 280 g/mol. The average molecular weight is 296 g/mol. The molecule has 1 N–H and O–H groups in total. The molecule has 3 aromatic rings. The number of nitrogens with zero attached hydrogens (tertiary/aromatic N) is 2. The summed E-state index contributed by atoms with van der Waals surface area (Å²) in [5.41, 5.74) is 3.37. The Balaban J connectivity index is 1.64. The van der Waals surface area contributed by atoms with Crippen LogP contribution in [-0.4, -0.2) is 19.9 Å². The van der Waals surface area contributed by atoms with Crippen LogP contribution in [0.25, 0.3) is 11.0 Å². The van der Waals surface area contributed by atoms with Crippen molar-refractivity contribution in [2.45, 2.75) is 29.7 Å². The first-order chi connectivity index (χ1) is 10.3. The Hall–Kier alpha value is -1.78. The van der Waals surface area contributed by atoms with Crippen LogP contribution in [0.2, 0.25) is 0 Å². The van der Waals surface area contributed by atoms with Crippen LogP contribution in [-0.2, 0) is 19.6 Å². The number of hydrogen-bond donors (Lipinski definition) is 1. The first-order valence-electron chi connectivity index (χ1n) is 7.13. The molecule has 0 radical (unpaired) electrons. The van der Waals surface area contributed by atoms with Crippen molar-refractivity contribution in [1.29, 1.82) is 0 Å². The molecule has 0 saturated carbocycles. The number of aliphatic hydroxyl groups excluding tert-OH is 1. The van der Waals surface area contributed by atoms with Crippen molar-refractivity contribution in [3.05, 3.63) is 59.9 Å². The molecule has 4 rings (SSSR count). The molecule has 3 heterocycles. The lowest BCUT2D eigenvalue weighted by Crippen LogP contribution is -2.11. The van der Waals surface area contributed by atoms with Gasteiger partial charge in [0.15, 0.2) is 0 Å². The van der Waals surface area contributed by atoms with Gasteiger partial charge in [-0.1, -0.05) is 18.2 Å². The van der Waals surface area contributed by atoms with E-state index in [4.69, 9.17) is 0 Å². The van der Waals surface area contributed by atoms with Gasteiger partial charge in [0.05, 0.1) is 6.61 Å². The van der Waals surface area contributed by atoms with E-state index < -0.39 is 0 Å². The van der Waals surface area contributed by atoms with Crippen LogP contribution < -0.4 is 0 Å². The molecule has 0 bridgehead atoms. The standard InChI is InChI=1S/C17H16N2OS/c20-11-13-9-19(17-15(13)5-3-7-18-17)10-14-8-12-4-1-2-6-16(12)21-14/h1-7,9,14,20H,8,10-11H2. The summed E-state index contributed by atoms with van der Waals surface area (Å²) in [7, 11) is 0. The van der Waals surface area contributed by atoms with Crippen molar-refractivity contribution in [1.82, 2.24) is 9.55 Å². The van der Waals surface area contributed by atoms with E-state index in [-0.39, 0.29) is 6.61 Å². The number of rotatable bonds is 3. The molecule has 1 aromatic carbocycles. The normalized spacial score (nSPS) is 17.3. The predicted octanol–water partition coefficient (Wildman–Crippen LogP) is 3.25. The molecule has 106 valence electrons. The highest BCUT2D eigenvalue weighted by molar-refractivity contribution is 8.00. The summed E-state index contributed by atoms with van der Waals surface area (Å²) in [5.74, 6) is 0. The highest BCUT2D eigenvalue weighted by Crippen LogP contribution is 2.38. The van der Waals surface area contributed by atoms with Gasteiger partial charge in [-0.05, 0) is 30.2 Å². The maximum absolute atomic E-state index is 9.51. The van der Waals surface area contributed by atoms with Crippen LogP contribution in [0.1, 0.15) is 11.1 Å². The topological polar surface area (TPSA) is 38.0 Å². The minimum atomic E-state index is 0.0627. The fourth-order valence-electron chi connectivity index (χ4n) is 3.04. The van der Waals surface area contributed by atoms with Gasteiger partial charge in [-0.2, -0.15) is 0 Å². The number of thioether (sulfide) groups is 1. The Morgan fingerprint density at radius 2 is 2.14 bits per heavy atom. The van der Waals surface area contributed by atoms with Crippen molar-refractivity contribution >= 4 is 22.8 Å². The minimum Gasteiger partial charge on any atom is -0.392 e. The van der Waals surface area contributed by atoms with E-state index in [1.54, 1.807) is 0 Å². The third-order valence-electron chi connectivity index (χ3n) is 4.00. The lowest BCUT2D eigenvalue weighted by molar-refractivity contribution is 0.283. The second-order valence-corrected chi connectivity index (χ2v) is 6.73. The number of aromatic nitrogens is 2. The lowest BCUT2D eigenvalue weighted by Gasteiger charge is -2.10. The van der Waals surface area contributed by atoms with Gasteiger partial charge >= 0.3 is 0 Å². The van der Waals surface area contributed by atoms with Gasteiger partial charge in [-0.25, -0.2) is 4.98 Å². The molecule has 0 amide bonds. The van der Waals surface area contributed by atoms with E-state index in [1.807, 2.05) is 36.3 Å². The van der Waals surface area contributed by atoms with Gasteiger partial charge in [-0.3, -0.25) is 0 Å². The zero-order valence-electron chi connectivity index (χ0n) is 11.6. The van der Waals surface area contributed by atoms with Crippen LogP contribution in [0.4, 0.5) is 0 Å². The van der Waals surface area contributed by atoms with E-state index in [9.17, 15) is 5.11 Å². The Labute approximate surface area is 127 Å². The summed E-state index contributed by atoms with van der Waals surface area (Å²) in [6.07, 6.45) is 4.96. The Morgan fingerprint density at radius 3 is 3.00 bits per heavy atom. The molecule has 1 aliphatic heterocycles. The smallest absolute Gasteiger partial charge is 0.140 e. The van der Waals surface area contributed by atoms with Gasteiger partial charge < -0.3 is 9.67 Å². The molecule has 1 unspecified atom stereocenters. The molecule has 2 aromatic heterocycles. The summed E-state index contributed by atoms with van der Waals surface area (Å²) in [6.45, 7) is 0.986. The van der Waals surface area contributed by atoms with E-state index in [0.717, 1.165) is 29.6 Å². The van der Waals surface area contributed by atoms with Crippen molar-refractivity contribution in [2.75, 3.05) is 0 Å². The summed E-state index contributed by atoms with van der Waals surface area (Å²) >= 11 is 1.95. The molecule has 1 aliphatic rings. The molecule has 0 aliphatic carbocycles. The monoisotopic (exact) mass is 296 g/mol. The number of aliphatic hydroxyl groups is 1. The number of hydrogen-bond acceptors (Lipinski definition) is 3. The highest BCUT2D eigenvalue weighted by atomic mass is 32.2. The molecule has 3 nitrogen and oxygen atoms in total. The van der Waals surface area contributed by atoms with Crippen molar-refractivity contribution in [3.63, 3.8) is 0 Å². The largest absolute Gasteiger partial charge is 0.392 e. The van der Waals surface area contributed by atoms with E-state index in [0.29, 0.717) is 5.25 Å². The molecule has 21 heavy (non-hydrogen) atoms. The number of pyridine rings is 1. The van der Waals surface area contributed by atoms with Crippen molar-refractivity contribution < 1.29 is 5.11 Å². The number of benzene rings is 1. The third kappa shape index (κ3) is 2.24.